The highest BCUT2D eigenvalue weighted by Crippen LogP contribution is 2.47. The molecule has 2 aromatic rings. The fourth-order valence-corrected chi connectivity index (χ4v) is 8.99. The minimum atomic E-state index is -3.98. The van der Waals surface area contributed by atoms with Crippen molar-refractivity contribution in [3.8, 4) is 5.75 Å². The van der Waals surface area contributed by atoms with Crippen LogP contribution < -0.4 is 14.4 Å². The van der Waals surface area contributed by atoms with Crippen molar-refractivity contribution in [2.75, 3.05) is 45.4 Å². The molecule has 1 saturated carbocycles. The van der Waals surface area contributed by atoms with Crippen LogP contribution in [0.3, 0.4) is 0 Å². The molecule has 43 heavy (non-hydrogen) atoms. The Morgan fingerprint density at radius 1 is 1.14 bits per heavy atom. The van der Waals surface area contributed by atoms with E-state index in [4.69, 9.17) is 25.8 Å². The van der Waals surface area contributed by atoms with Crippen molar-refractivity contribution < 1.29 is 27.4 Å². The predicted molar refractivity (Wildman–Crippen MR) is 168 cm³/mol. The Kier molecular flexibility index (Phi) is 8.79. The van der Waals surface area contributed by atoms with Crippen LogP contribution >= 0.6 is 11.6 Å². The number of rotatable bonds is 3. The molecule has 2 aliphatic heterocycles. The van der Waals surface area contributed by atoms with E-state index in [2.05, 4.69) is 27.8 Å². The van der Waals surface area contributed by atoms with Crippen LogP contribution in [0.2, 0.25) is 5.02 Å². The SMILES string of the molecule is COC[C@@H]1CC/C=C/[C@H](OC)[C@@H]2CC[C@H]2CN2C[C@@]3(CCCc4cc(Cl)ccc43)COc3ccc(cc32)C(=O)NS1(=O)=O. The number of nitrogens with one attached hydrogen (secondary N) is 1. The summed E-state index contributed by atoms with van der Waals surface area (Å²) >= 11 is 6.41. The number of nitrogens with zero attached hydrogens (tertiary/aromatic N) is 1. The average Bonchev–Trinajstić information content (AvgIpc) is 3.12. The second kappa shape index (κ2) is 12.4. The first kappa shape index (κ1) is 30.4. The zero-order valence-electron chi connectivity index (χ0n) is 24.9. The number of amides is 1. The summed E-state index contributed by atoms with van der Waals surface area (Å²) in [6, 6.07) is 11.5. The van der Waals surface area contributed by atoms with Crippen LogP contribution in [-0.4, -0.2) is 66.2 Å². The number of sulfonamides is 1. The normalized spacial score (nSPS) is 31.0. The molecule has 1 spiro atoms. The van der Waals surface area contributed by atoms with Crippen molar-refractivity contribution in [1.29, 1.82) is 0 Å². The second-order valence-corrected chi connectivity index (χ2v) is 14.9. The number of hydrogen-bond donors (Lipinski definition) is 1. The van der Waals surface area contributed by atoms with E-state index in [-0.39, 0.29) is 23.7 Å². The van der Waals surface area contributed by atoms with Crippen LogP contribution in [0.5, 0.6) is 5.75 Å². The van der Waals surface area contributed by atoms with Gasteiger partial charge in [0.1, 0.15) is 11.0 Å². The molecule has 8 nitrogen and oxygen atoms in total. The number of methoxy groups -OCH3 is 2. The minimum Gasteiger partial charge on any atom is -0.490 e. The Balaban J connectivity index is 1.42. The lowest BCUT2D eigenvalue weighted by Crippen LogP contribution is -2.49. The molecular formula is C33H41ClN2O6S. The minimum absolute atomic E-state index is 0.00453. The van der Waals surface area contributed by atoms with Crippen molar-refractivity contribution in [1.82, 2.24) is 4.72 Å². The number of aryl methyl sites for hydroxylation is 1. The van der Waals surface area contributed by atoms with E-state index in [1.165, 1.54) is 18.2 Å². The largest absolute Gasteiger partial charge is 0.490 e. The summed E-state index contributed by atoms with van der Waals surface area (Å²) in [7, 11) is -0.769. The van der Waals surface area contributed by atoms with E-state index in [9.17, 15) is 13.2 Å². The molecular weight excluding hydrogens is 588 g/mol. The van der Waals surface area contributed by atoms with Crippen LogP contribution in [0.4, 0.5) is 5.69 Å². The van der Waals surface area contributed by atoms with Gasteiger partial charge in [-0.2, -0.15) is 0 Å². The molecule has 5 atom stereocenters. The van der Waals surface area contributed by atoms with Gasteiger partial charge in [-0.1, -0.05) is 29.8 Å². The number of fused-ring (bicyclic) bond motifs is 4. The molecule has 1 N–H and O–H groups in total. The van der Waals surface area contributed by atoms with E-state index < -0.39 is 21.2 Å². The quantitative estimate of drug-likeness (QED) is 0.462. The van der Waals surface area contributed by atoms with E-state index in [1.807, 2.05) is 18.2 Å². The monoisotopic (exact) mass is 628 g/mol. The zero-order valence-corrected chi connectivity index (χ0v) is 26.5. The van der Waals surface area contributed by atoms with Crippen molar-refractivity contribution >= 4 is 33.2 Å². The molecule has 0 saturated heterocycles. The lowest BCUT2D eigenvalue weighted by Gasteiger charge is -2.46. The molecule has 2 aromatic carbocycles. The van der Waals surface area contributed by atoms with Crippen molar-refractivity contribution in [3.05, 3.63) is 70.3 Å². The smallest absolute Gasteiger partial charge is 0.264 e. The van der Waals surface area contributed by atoms with Gasteiger partial charge >= 0.3 is 0 Å². The van der Waals surface area contributed by atoms with E-state index in [0.717, 1.165) is 55.9 Å². The Morgan fingerprint density at radius 3 is 2.77 bits per heavy atom. The molecule has 0 unspecified atom stereocenters. The summed E-state index contributed by atoms with van der Waals surface area (Å²) in [6.45, 7) is 2.03. The average molecular weight is 629 g/mol. The number of halogens is 1. The maximum Gasteiger partial charge on any atom is 0.264 e. The highest BCUT2D eigenvalue weighted by Gasteiger charge is 2.44. The number of benzene rings is 2. The summed E-state index contributed by atoms with van der Waals surface area (Å²) < 4.78 is 46.7. The lowest BCUT2D eigenvalue weighted by molar-refractivity contribution is 0.0131. The zero-order chi connectivity index (χ0) is 30.2. The third-order valence-corrected chi connectivity index (χ3v) is 11.9. The van der Waals surface area contributed by atoms with Crippen LogP contribution in [0.25, 0.3) is 0 Å². The third-order valence-electron chi connectivity index (χ3n) is 9.93. The maximum atomic E-state index is 13.4. The van der Waals surface area contributed by atoms with Crippen LogP contribution in [0, 0.1) is 11.8 Å². The lowest BCUT2D eigenvalue weighted by atomic mass is 9.68. The molecule has 232 valence electrons. The van der Waals surface area contributed by atoms with Gasteiger partial charge in [-0.05, 0) is 98.2 Å². The van der Waals surface area contributed by atoms with Gasteiger partial charge in [0.25, 0.3) is 5.91 Å². The Morgan fingerprint density at radius 2 is 2.00 bits per heavy atom. The summed E-state index contributed by atoms with van der Waals surface area (Å²) in [5.41, 5.74) is 3.41. The third kappa shape index (κ3) is 6.06. The first-order valence-electron chi connectivity index (χ1n) is 15.3. The summed E-state index contributed by atoms with van der Waals surface area (Å²) in [5, 5.41) is -0.121. The standard InChI is InChI=1S/C33H41ClN2O6S/c1-40-19-26-7-3-4-8-30(41-2)27-12-9-24(27)18-36-20-33(15-5-6-22-16-25(34)11-13-28(22)33)21-42-31-14-10-23(17-29(31)36)32(37)35-43(26,38)39/h4,8,10-11,13-14,16-17,24,26-27,30H,3,5-7,9,12,15,18-21H2,1-2H3,(H,35,37)/b8-4+/t24-,26-,27+,30-,33-/m0/s1. The first-order valence-corrected chi connectivity index (χ1v) is 17.2. The highest BCUT2D eigenvalue weighted by molar-refractivity contribution is 7.90. The van der Waals surface area contributed by atoms with Gasteiger partial charge in [-0.3, -0.25) is 4.79 Å². The molecule has 1 fully saturated rings. The Labute approximate surface area is 259 Å². The predicted octanol–water partition coefficient (Wildman–Crippen LogP) is 5.28. The topological polar surface area (TPSA) is 94.2 Å². The molecule has 4 aliphatic rings. The number of carbonyl (C=O) groups excluding carboxylic acids is 1. The molecule has 6 rings (SSSR count). The van der Waals surface area contributed by atoms with Gasteiger partial charge in [0, 0.05) is 43.3 Å². The van der Waals surface area contributed by atoms with Crippen LogP contribution in [0.15, 0.2) is 48.6 Å². The molecule has 10 heteroatoms. The number of ether oxygens (including phenoxy) is 3. The van der Waals surface area contributed by atoms with Gasteiger partial charge in [-0.25, -0.2) is 13.1 Å². The fourth-order valence-electron chi connectivity index (χ4n) is 7.49. The number of anilines is 1. The van der Waals surface area contributed by atoms with Crippen LogP contribution in [0.1, 0.15) is 60.0 Å². The summed E-state index contributed by atoms with van der Waals surface area (Å²) in [4.78, 5) is 15.8. The number of carbonyl (C=O) groups is 1. The summed E-state index contributed by atoms with van der Waals surface area (Å²) in [5.74, 6) is 0.803. The molecule has 1 amide bonds. The van der Waals surface area contributed by atoms with E-state index in [0.29, 0.717) is 37.0 Å². The maximum absolute atomic E-state index is 13.4. The van der Waals surface area contributed by atoms with Crippen molar-refractivity contribution in [2.24, 2.45) is 11.8 Å². The highest BCUT2D eigenvalue weighted by atomic mass is 35.5. The Hall–Kier alpha value is -2.59. The molecule has 0 radical (unpaired) electrons. The van der Waals surface area contributed by atoms with Crippen molar-refractivity contribution in [2.45, 2.75) is 61.7 Å². The van der Waals surface area contributed by atoms with Gasteiger partial charge in [-0.15, -0.1) is 0 Å². The van der Waals surface area contributed by atoms with Crippen molar-refractivity contribution in [3.63, 3.8) is 0 Å². The second-order valence-electron chi connectivity index (χ2n) is 12.5. The molecule has 2 aliphatic carbocycles. The van der Waals surface area contributed by atoms with E-state index >= 15 is 0 Å². The molecule has 2 heterocycles. The van der Waals surface area contributed by atoms with Gasteiger partial charge < -0.3 is 19.1 Å². The fraction of sp³-hybridized carbons (Fsp3) is 0.545. The van der Waals surface area contributed by atoms with Gasteiger partial charge in [0.15, 0.2) is 0 Å². The first-order chi connectivity index (χ1) is 20.7. The van der Waals surface area contributed by atoms with Crippen LogP contribution in [-0.2, 0) is 31.3 Å². The molecule has 2 bridgehead atoms. The number of allylic oxidation sites excluding steroid dienone is 1. The molecule has 0 aromatic heterocycles. The summed E-state index contributed by atoms with van der Waals surface area (Å²) in [6.07, 6.45) is 10.1. The van der Waals surface area contributed by atoms with Gasteiger partial charge in [0.05, 0.1) is 25.0 Å². The number of hydrogen-bond acceptors (Lipinski definition) is 7. The van der Waals surface area contributed by atoms with E-state index in [1.54, 1.807) is 19.2 Å². The Bertz CT molecular complexity index is 1500. The van der Waals surface area contributed by atoms with Gasteiger partial charge in [0.2, 0.25) is 10.0 Å².